The minimum Gasteiger partial charge on any atom is -0.478 e. The van der Waals surface area contributed by atoms with Crippen LogP contribution in [0.4, 0.5) is 15.9 Å². The number of hydrogen-bond donors (Lipinski definition) is 2. The van der Waals surface area contributed by atoms with Gasteiger partial charge in [0.15, 0.2) is 0 Å². The first-order chi connectivity index (χ1) is 11.1. The molecule has 116 valence electrons. The maximum Gasteiger partial charge on any atom is 0.337 e. The molecule has 0 spiro atoms. The molecule has 0 fully saturated rings. The Labute approximate surface area is 131 Å². The van der Waals surface area contributed by atoms with Gasteiger partial charge in [-0.3, -0.25) is 9.67 Å². The molecule has 0 radical (unpaired) electrons. The minimum absolute atomic E-state index is 0.0701. The Balaban J connectivity index is 2.08. The van der Waals surface area contributed by atoms with Crippen LogP contribution in [0.5, 0.6) is 0 Å². The van der Waals surface area contributed by atoms with Gasteiger partial charge >= 0.3 is 5.97 Å². The average Bonchev–Trinajstić information content (AvgIpc) is 2.89. The van der Waals surface area contributed by atoms with Crippen molar-refractivity contribution in [2.75, 3.05) is 5.32 Å². The van der Waals surface area contributed by atoms with Gasteiger partial charge in [0, 0.05) is 24.4 Å². The van der Waals surface area contributed by atoms with Crippen molar-refractivity contribution in [3.8, 4) is 11.1 Å². The molecule has 3 rings (SSSR count). The number of anilines is 2. The number of aromatic nitrogens is 3. The largest absolute Gasteiger partial charge is 0.478 e. The van der Waals surface area contributed by atoms with E-state index in [-0.39, 0.29) is 11.4 Å². The summed E-state index contributed by atoms with van der Waals surface area (Å²) >= 11 is 0. The second-order valence-corrected chi connectivity index (χ2v) is 4.86. The topological polar surface area (TPSA) is 80.0 Å². The monoisotopic (exact) mass is 312 g/mol. The molecule has 6 nitrogen and oxygen atoms in total. The smallest absolute Gasteiger partial charge is 0.337 e. The number of carboxylic acids is 1. The van der Waals surface area contributed by atoms with Crippen LogP contribution in [0.2, 0.25) is 0 Å². The van der Waals surface area contributed by atoms with E-state index in [1.807, 2.05) is 0 Å². The summed E-state index contributed by atoms with van der Waals surface area (Å²) in [6, 6.07) is 7.72. The minimum atomic E-state index is -1.08. The number of aryl methyl sites for hydroxylation is 1. The number of benzene rings is 1. The van der Waals surface area contributed by atoms with Crippen molar-refractivity contribution in [3.05, 3.63) is 60.3 Å². The summed E-state index contributed by atoms with van der Waals surface area (Å²) in [4.78, 5) is 15.2. The highest BCUT2D eigenvalue weighted by Gasteiger charge is 2.17. The fourth-order valence-corrected chi connectivity index (χ4v) is 2.27. The Bertz CT molecular complexity index is 876. The molecule has 23 heavy (non-hydrogen) atoms. The van der Waals surface area contributed by atoms with Crippen molar-refractivity contribution in [1.82, 2.24) is 14.8 Å². The molecule has 0 bridgehead atoms. The maximum atomic E-state index is 14.0. The Kier molecular flexibility index (Phi) is 3.76. The van der Waals surface area contributed by atoms with Gasteiger partial charge in [-0.15, -0.1) is 0 Å². The van der Waals surface area contributed by atoms with Crippen molar-refractivity contribution in [3.63, 3.8) is 0 Å². The number of carboxylic acid groups (broad SMARTS) is 1. The van der Waals surface area contributed by atoms with E-state index in [1.54, 1.807) is 25.2 Å². The summed E-state index contributed by atoms with van der Waals surface area (Å²) in [5, 5.41) is 16.4. The first-order valence-corrected chi connectivity index (χ1v) is 6.79. The number of halogens is 1. The fourth-order valence-electron chi connectivity index (χ4n) is 2.27. The van der Waals surface area contributed by atoms with Gasteiger partial charge in [-0.05, 0) is 12.1 Å². The molecule has 0 aliphatic rings. The number of nitrogens with zero attached hydrogens (tertiary/aromatic N) is 3. The van der Waals surface area contributed by atoms with Gasteiger partial charge in [0.05, 0.1) is 23.6 Å². The standard InChI is InChI=1S/C16H13FN4O2/c1-21-15(20-14-9-18-7-6-11(14)16(22)23)12(8-19-21)10-4-2-3-5-13(10)17/h2-9,20H,1H3,(H,22,23). The molecule has 0 atom stereocenters. The Morgan fingerprint density at radius 3 is 2.74 bits per heavy atom. The van der Waals surface area contributed by atoms with Gasteiger partial charge in [-0.2, -0.15) is 5.10 Å². The van der Waals surface area contributed by atoms with Gasteiger partial charge in [0.1, 0.15) is 11.6 Å². The van der Waals surface area contributed by atoms with E-state index in [0.717, 1.165) is 0 Å². The van der Waals surface area contributed by atoms with Crippen molar-refractivity contribution in [2.45, 2.75) is 0 Å². The molecule has 0 aliphatic carbocycles. The van der Waals surface area contributed by atoms with E-state index in [9.17, 15) is 14.3 Å². The molecule has 0 saturated carbocycles. The molecular weight excluding hydrogens is 299 g/mol. The highest BCUT2D eigenvalue weighted by atomic mass is 19.1. The zero-order chi connectivity index (χ0) is 16.4. The van der Waals surface area contributed by atoms with Crippen LogP contribution in [0.3, 0.4) is 0 Å². The third kappa shape index (κ3) is 2.76. The second-order valence-electron chi connectivity index (χ2n) is 4.86. The molecule has 2 N–H and O–H groups in total. The summed E-state index contributed by atoms with van der Waals surface area (Å²) in [5.41, 5.74) is 1.29. The van der Waals surface area contributed by atoms with Crippen molar-refractivity contribution in [2.24, 2.45) is 7.05 Å². The van der Waals surface area contributed by atoms with Crippen LogP contribution in [0, 0.1) is 5.82 Å². The lowest BCUT2D eigenvalue weighted by Gasteiger charge is -2.12. The normalized spacial score (nSPS) is 10.5. The fraction of sp³-hybridized carbons (Fsp3) is 0.0625. The second kappa shape index (κ2) is 5.88. The number of carbonyl (C=O) groups is 1. The van der Waals surface area contributed by atoms with Crippen molar-refractivity contribution < 1.29 is 14.3 Å². The van der Waals surface area contributed by atoms with E-state index in [4.69, 9.17) is 0 Å². The van der Waals surface area contributed by atoms with Gasteiger partial charge in [-0.25, -0.2) is 9.18 Å². The van der Waals surface area contributed by atoms with Gasteiger partial charge in [0.2, 0.25) is 0 Å². The first kappa shape index (κ1) is 14.7. The summed E-state index contributed by atoms with van der Waals surface area (Å²) in [6.07, 6.45) is 4.33. The van der Waals surface area contributed by atoms with E-state index >= 15 is 0 Å². The van der Waals surface area contributed by atoms with E-state index in [1.165, 1.54) is 35.4 Å². The highest BCUT2D eigenvalue weighted by Crippen LogP contribution is 2.32. The lowest BCUT2D eigenvalue weighted by atomic mass is 10.1. The molecule has 2 heterocycles. The van der Waals surface area contributed by atoms with Crippen LogP contribution in [-0.2, 0) is 7.05 Å². The third-order valence-electron chi connectivity index (χ3n) is 3.41. The Morgan fingerprint density at radius 1 is 1.22 bits per heavy atom. The molecule has 1 aromatic carbocycles. The van der Waals surface area contributed by atoms with Crippen LogP contribution < -0.4 is 5.32 Å². The highest BCUT2D eigenvalue weighted by molar-refractivity contribution is 5.95. The molecular formula is C16H13FN4O2. The summed E-state index contributed by atoms with van der Waals surface area (Å²) in [6.45, 7) is 0. The van der Waals surface area contributed by atoms with Crippen LogP contribution in [0.15, 0.2) is 48.9 Å². The number of aromatic carboxylic acids is 1. The zero-order valence-electron chi connectivity index (χ0n) is 12.2. The van der Waals surface area contributed by atoms with Gasteiger partial charge < -0.3 is 10.4 Å². The molecule has 3 aromatic rings. The lowest BCUT2D eigenvalue weighted by Crippen LogP contribution is -2.06. The number of nitrogens with one attached hydrogen (secondary N) is 1. The number of pyridine rings is 1. The van der Waals surface area contributed by atoms with Gasteiger partial charge in [-0.1, -0.05) is 18.2 Å². The Morgan fingerprint density at radius 2 is 2.00 bits per heavy atom. The van der Waals surface area contributed by atoms with E-state index < -0.39 is 5.97 Å². The maximum absolute atomic E-state index is 14.0. The molecule has 0 saturated heterocycles. The summed E-state index contributed by atoms with van der Waals surface area (Å²) in [5.74, 6) is -0.983. The van der Waals surface area contributed by atoms with E-state index in [0.29, 0.717) is 22.6 Å². The SMILES string of the molecule is Cn1ncc(-c2ccccc2F)c1Nc1cnccc1C(=O)O. The van der Waals surface area contributed by atoms with Crippen LogP contribution >= 0.6 is 0 Å². The van der Waals surface area contributed by atoms with Gasteiger partial charge in [0.25, 0.3) is 0 Å². The third-order valence-corrected chi connectivity index (χ3v) is 3.41. The predicted octanol–water partition coefficient (Wildman–Crippen LogP) is 3.06. The average molecular weight is 312 g/mol. The molecule has 0 amide bonds. The molecule has 2 aromatic heterocycles. The summed E-state index contributed by atoms with van der Waals surface area (Å²) in [7, 11) is 1.68. The molecule has 0 aliphatic heterocycles. The van der Waals surface area contributed by atoms with Crippen LogP contribution in [0.25, 0.3) is 11.1 Å². The van der Waals surface area contributed by atoms with E-state index in [2.05, 4.69) is 15.4 Å². The van der Waals surface area contributed by atoms with Crippen molar-refractivity contribution >= 4 is 17.5 Å². The van der Waals surface area contributed by atoms with Crippen molar-refractivity contribution in [1.29, 1.82) is 0 Å². The molecule has 0 unspecified atom stereocenters. The lowest BCUT2D eigenvalue weighted by molar-refractivity contribution is 0.0698. The predicted molar refractivity (Wildman–Crippen MR) is 83.1 cm³/mol. The zero-order valence-corrected chi connectivity index (χ0v) is 12.2. The summed E-state index contributed by atoms with van der Waals surface area (Å²) < 4.78 is 15.6. The Hall–Kier alpha value is -3.22. The number of rotatable bonds is 4. The van der Waals surface area contributed by atoms with Crippen LogP contribution in [0.1, 0.15) is 10.4 Å². The molecule has 7 heteroatoms. The van der Waals surface area contributed by atoms with Crippen LogP contribution in [-0.4, -0.2) is 25.8 Å². The quantitative estimate of drug-likeness (QED) is 0.774. The number of hydrogen-bond acceptors (Lipinski definition) is 4. The first-order valence-electron chi connectivity index (χ1n) is 6.79.